The van der Waals surface area contributed by atoms with Gasteiger partial charge in [0.1, 0.15) is 0 Å². The predicted molar refractivity (Wildman–Crippen MR) is 129 cm³/mol. The third kappa shape index (κ3) is 3.91. The van der Waals surface area contributed by atoms with Gasteiger partial charge in [0.25, 0.3) is 5.91 Å². The third-order valence-corrected chi connectivity index (χ3v) is 8.18. The number of amides is 1. The number of hydrogen-bond acceptors (Lipinski definition) is 5. The van der Waals surface area contributed by atoms with Crippen LogP contribution < -0.4 is 5.32 Å². The Kier molecular flexibility index (Phi) is 5.43. The van der Waals surface area contributed by atoms with Gasteiger partial charge >= 0.3 is 0 Å². The molecule has 3 saturated carbocycles. The summed E-state index contributed by atoms with van der Waals surface area (Å²) in [7, 11) is 0. The number of carbonyl (C=O) groups excluding carboxylic acids is 1. The van der Waals surface area contributed by atoms with Crippen LogP contribution >= 0.6 is 0 Å². The molecule has 0 spiro atoms. The standard InChI is InChI=1S/C27H24F3N5O2/c28-19-13-18(21(29)22(30)23(19)36)25(37)33-15-26-4-7-27(8-5-26,9-6-26)35-14-17-3-2-16(12-20(17)34-35)24-31-10-1-11-32-24/h1-3,10-14,36H,4-9,15H2,(H,33,37). The summed E-state index contributed by atoms with van der Waals surface area (Å²) in [6.45, 7) is 0.285. The summed E-state index contributed by atoms with van der Waals surface area (Å²) >= 11 is 0. The maximum atomic E-state index is 14.1. The Hall–Kier alpha value is -3.95. The van der Waals surface area contributed by atoms with Crippen molar-refractivity contribution < 1.29 is 23.1 Å². The zero-order valence-corrected chi connectivity index (χ0v) is 19.8. The first-order valence-electron chi connectivity index (χ1n) is 12.2. The van der Waals surface area contributed by atoms with E-state index in [1.54, 1.807) is 18.5 Å². The van der Waals surface area contributed by atoms with Crippen LogP contribution in [0.15, 0.2) is 48.9 Å². The Morgan fingerprint density at radius 1 is 1.00 bits per heavy atom. The summed E-state index contributed by atoms with van der Waals surface area (Å²) in [5.41, 5.74) is 0.760. The molecule has 0 radical (unpaired) electrons. The molecule has 190 valence electrons. The summed E-state index contributed by atoms with van der Waals surface area (Å²) in [5.74, 6) is -6.39. The average molecular weight is 508 g/mol. The van der Waals surface area contributed by atoms with Gasteiger partial charge < -0.3 is 10.4 Å². The highest BCUT2D eigenvalue weighted by Crippen LogP contribution is 2.55. The quantitative estimate of drug-likeness (QED) is 0.367. The number of halogens is 3. The Morgan fingerprint density at radius 3 is 2.41 bits per heavy atom. The number of phenols is 1. The summed E-state index contributed by atoms with van der Waals surface area (Å²) in [4.78, 5) is 21.2. The second-order valence-electron chi connectivity index (χ2n) is 10.2. The van der Waals surface area contributed by atoms with Gasteiger partial charge in [-0.1, -0.05) is 12.1 Å². The van der Waals surface area contributed by atoms with Gasteiger partial charge in [0.2, 0.25) is 5.82 Å². The van der Waals surface area contributed by atoms with Crippen molar-refractivity contribution in [3.63, 3.8) is 0 Å². The molecular weight excluding hydrogens is 483 g/mol. The Balaban J connectivity index is 1.16. The van der Waals surface area contributed by atoms with Crippen molar-refractivity contribution >= 4 is 16.8 Å². The summed E-state index contributed by atoms with van der Waals surface area (Å²) in [6, 6.07) is 8.31. The van der Waals surface area contributed by atoms with E-state index in [1.165, 1.54) is 0 Å². The van der Waals surface area contributed by atoms with Gasteiger partial charge in [-0.15, -0.1) is 0 Å². The van der Waals surface area contributed by atoms with Gasteiger partial charge in [0, 0.05) is 36.1 Å². The second-order valence-corrected chi connectivity index (χ2v) is 10.2. The number of benzene rings is 2. The summed E-state index contributed by atoms with van der Waals surface area (Å²) in [5, 5.41) is 17.8. The van der Waals surface area contributed by atoms with Crippen LogP contribution in [0.4, 0.5) is 13.2 Å². The highest BCUT2D eigenvalue weighted by molar-refractivity contribution is 5.94. The lowest BCUT2D eigenvalue weighted by Gasteiger charge is -2.53. The van der Waals surface area contributed by atoms with Gasteiger partial charge in [-0.3, -0.25) is 9.48 Å². The SMILES string of the molecule is O=C(NCC12CCC(n3cc4ccc(-c5ncccn5)cc4n3)(CC1)CC2)c1cc(F)c(O)c(F)c1F. The number of hydrogen-bond donors (Lipinski definition) is 2. The van der Waals surface area contributed by atoms with E-state index >= 15 is 0 Å². The number of phenolic OH excluding ortho intramolecular Hbond substituents is 1. The summed E-state index contributed by atoms with van der Waals surface area (Å²) in [6.07, 6.45) is 10.7. The lowest BCUT2D eigenvalue weighted by atomic mass is 9.57. The number of rotatable bonds is 5. The van der Waals surface area contributed by atoms with Crippen molar-refractivity contribution in [3.8, 4) is 17.1 Å². The van der Waals surface area contributed by atoms with Crippen LogP contribution in [0.25, 0.3) is 22.3 Å². The minimum absolute atomic E-state index is 0.108. The largest absolute Gasteiger partial charge is 0.503 e. The molecule has 4 aromatic rings. The van der Waals surface area contributed by atoms with E-state index in [0.29, 0.717) is 11.9 Å². The molecule has 2 heterocycles. The fourth-order valence-electron chi connectivity index (χ4n) is 5.81. The van der Waals surface area contributed by atoms with Crippen LogP contribution in [-0.2, 0) is 5.54 Å². The normalized spacial score (nSPS) is 22.9. The maximum Gasteiger partial charge on any atom is 0.254 e. The van der Waals surface area contributed by atoms with E-state index in [4.69, 9.17) is 5.10 Å². The lowest BCUT2D eigenvalue weighted by Crippen LogP contribution is -2.51. The first kappa shape index (κ1) is 23.4. The molecule has 0 aliphatic heterocycles. The van der Waals surface area contributed by atoms with Crippen molar-refractivity contribution in [2.24, 2.45) is 5.41 Å². The molecular formula is C27H24F3N5O2. The lowest BCUT2D eigenvalue weighted by molar-refractivity contribution is -0.00564. The number of nitrogens with zero attached hydrogens (tertiary/aromatic N) is 4. The topological polar surface area (TPSA) is 92.9 Å². The highest BCUT2D eigenvalue weighted by Gasteiger charge is 2.50. The molecule has 0 atom stereocenters. The van der Waals surface area contributed by atoms with Crippen molar-refractivity contribution in [2.75, 3.05) is 6.54 Å². The predicted octanol–water partition coefficient (Wildman–Crippen LogP) is 5.10. The molecule has 37 heavy (non-hydrogen) atoms. The van der Waals surface area contributed by atoms with E-state index in [-0.39, 0.29) is 17.5 Å². The fourth-order valence-corrected chi connectivity index (χ4v) is 5.81. The minimum Gasteiger partial charge on any atom is -0.503 e. The summed E-state index contributed by atoms with van der Waals surface area (Å²) < 4.78 is 43.5. The van der Waals surface area contributed by atoms with Crippen molar-refractivity contribution in [3.05, 3.63) is 71.9 Å². The van der Waals surface area contributed by atoms with Crippen LogP contribution in [0.1, 0.15) is 48.9 Å². The minimum atomic E-state index is -1.77. The van der Waals surface area contributed by atoms with Gasteiger partial charge in [-0.2, -0.15) is 9.49 Å². The number of aromatic nitrogens is 4. The molecule has 3 fully saturated rings. The van der Waals surface area contributed by atoms with Gasteiger partial charge in [-0.05, 0) is 62.1 Å². The maximum absolute atomic E-state index is 14.1. The van der Waals surface area contributed by atoms with E-state index in [2.05, 4.69) is 26.2 Å². The van der Waals surface area contributed by atoms with Gasteiger partial charge in [0.15, 0.2) is 23.2 Å². The van der Waals surface area contributed by atoms with Crippen molar-refractivity contribution in [2.45, 2.75) is 44.1 Å². The van der Waals surface area contributed by atoms with Crippen molar-refractivity contribution in [1.29, 1.82) is 0 Å². The molecule has 0 saturated heterocycles. The molecule has 3 aliphatic rings. The molecule has 2 bridgehead atoms. The molecule has 3 aliphatic carbocycles. The zero-order chi connectivity index (χ0) is 25.8. The number of fused-ring (bicyclic) bond motifs is 4. The highest BCUT2D eigenvalue weighted by atomic mass is 19.2. The van der Waals surface area contributed by atoms with Crippen LogP contribution in [0.3, 0.4) is 0 Å². The second kappa shape index (κ2) is 8.57. The molecule has 7 nitrogen and oxygen atoms in total. The van der Waals surface area contributed by atoms with Crippen LogP contribution in [0.2, 0.25) is 0 Å². The Labute approximate surface area is 210 Å². The zero-order valence-electron chi connectivity index (χ0n) is 19.8. The monoisotopic (exact) mass is 507 g/mol. The molecule has 2 N–H and O–H groups in total. The first-order valence-corrected chi connectivity index (χ1v) is 12.2. The van der Waals surface area contributed by atoms with E-state index in [9.17, 15) is 23.1 Å². The number of nitrogens with one attached hydrogen (secondary N) is 1. The average Bonchev–Trinajstić information content (AvgIpc) is 3.38. The Bertz CT molecular complexity index is 1500. The van der Waals surface area contributed by atoms with E-state index < -0.39 is 34.7 Å². The number of aromatic hydroxyl groups is 1. The van der Waals surface area contributed by atoms with Crippen molar-refractivity contribution in [1.82, 2.24) is 25.1 Å². The van der Waals surface area contributed by atoms with Crippen LogP contribution in [0, 0.1) is 22.9 Å². The van der Waals surface area contributed by atoms with E-state index in [1.807, 2.05) is 18.2 Å². The van der Waals surface area contributed by atoms with Crippen LogP contribution in [0.5, 0.6) is 5.75 Å². The molecule has 10 heteroatoms. The van der Waals surface area contributed by atoms with Gasteiger partial charge in [0.05, 0.1) is 16.6 Å². The van der Waals surface area contributed by atoms with Gasteiger partial charge in [-0.25, -0.2) is 18.7 Å². The third-order valence-electron chi connectivity index (χ3n) is 8.18. The fraction of sp³-hybridized carbons (Fsp3) is 0.333. The van der Waals surface area contributed by atoms with Crippen LogP contribution in [-0.4, -0.2) is 37.3 Å². The Morgan fingerprint density at radius 2 is 1.70 bits per heavy atom. The smallest absolute Gasteiger partial charge is 0.254 e. The molecule has 2 aromatic carbocycles. The van der Waals surface area contributed by atoms with E-state index in [0.717, 1.165) is 55.0 Å². The number of carbonyl (C=O) groups is 1. The molecule has 7 rings (SSSR count). The molecule has 2 aromatic heterocycles. The molecule has 1 amide bonds. The molecule has 0 unspecified atom stereocenters. The first-order chi connectivity index (χ1) is 17.8.